The van der Waals surface area contributed by atoms with Gasteiger partial charge in [-0.2, -0.15) is 0 Å². The fraction of sp³-hybridized carbons (Fsp3) is 0.462. The maximum absolute atomic E-state index is 11.7. The number of carbonyl (C=O) groups excluding carboxylic acids is 1. The highest BCUT2D eigenvalue weighted by molar-refractivity contribution is 5.94. The number of nitrogens with two attached hydrogens (primary N) is 1. The van der Waals surface area contributed by atoms with Gasteiger partial charge in [-0.15, -0.1) is 0 Å². The molecule has 1 atom stereocenters. The monoisotopic (exact) mass is 235 g/mol. The van der Waals surface area contributed by atoms with Crippen molar-refractivity contribution in [3.8, 4) is 0 Å². The van der Waals surface area contributed by atoms with E-state index in [2.05, 4.69) is 5.32 Å². The van der Waals surface area contributed by atoms with Gasteiger partial charge in [-0.05, 0) is 30.7 Å². The highest BCUT2D eigenvalue weighted by Gasteiger charge is 2.11. The summed E-state index contributed by atoms with van der Waals surface area (Å²) in [4.78, 5) is 13.7. The molecule has 3 N–H and O–H groups in total. The third-order valence-corrected chi connectivity index (χ3v) is 2.59. The van der Waals surface area contributed by atoms with E-state index in [9.17, 15) is 4.79 Å². The Morgan fingerprint density at radius 2 is 1.94 bits per heavy atom. The Hall–Kier alpha value is -1.55. The molecule has 94 valence electrons. The van der Waals surface area contributed by atoms with E-state index < -0.39 is 6.04 Å². The highest BCUT2D eigenvalue weighted by Crippen LogP contribution is 2.15. The van der Waals surface area contributed by atoms with Crippen molar-refractivity contribution in [1.29, 1.82) is 0 Å². The summed E-state index contributed by atoms with van der Waals surface area (Å²) >= 11 is 0. The normalized spacial score (nSPS) is 12.0. The van der Waals surface area contributed by atoms with E-state index in [4.69, 9.17) is 5.73 Å². The van der Waals surface area contributed by atoms with Gasteiger partial charge in [0.15, 0.2) is 0 Å². The maximum Gasteiger partial charge on any atom is 0.241 e. The maximum atomic E-state index is 11.7. The fourth-order valence-electron chi connectivity index (χ4n) is 1.52. The molecule has 4 nitrogen and oxygen atoms in total. The zero-order valence-corrected chi connectivity index (χ0v) is 10.7. The lowest BCUT2D eigenvalue weighted by molar-refractivity contribution is -0.117. The summed E-state index contributed by atoms with van der Waals surface area (Å²) in [7, 11) is 3.95. The molecule has 0 aromatic heterocycles. The second-order valence-corrected chi connectivity index (χ2v) is 4.33. The largest absolute Gasteiger partial charge is 0.378 e. The summed E-state index contributed by atoms with van der Waals surface area (Å²) in [6.45, 7) is 2.01. The second kappa shape index (κ2) is 6.25. The van der Waals surface area contributed by atoms with Crippen molar-refractivity contribution < 1.29 is 4.79 Å². The molecule has 0 radical (unpaired) electrons. The Kier molecular flexibility index (Phi) is 4.97. The molecule has 0 aliphatic carbocycles. The molecule has 0 aliphatic heterocycles. The topological polar surface area (TPSA) is 58.4 Å². The molecule has 17 heavy (non-hydrogen) atoms. The van der Waals surface area contributed by atoms with Crippen LogP contribution in [0.5, 0.6) is 0 Å². The molecule has 0 aliphatic rings. The molecule has 0 saturated heterocycles. The Labute approximate surface area is 103 Å². The number of nitrogens with one attached hydrogen (secondary N) is 1. The number of hydrogen-bond acceptors (Lipinski definition) is 3. The zero-order chi connectivity index (χ0) is 12.8. The summed E-state index contributed by atoms with van der Waals surface area (Å²) in [5.41, 5.74) is 7.62. The van der Waals surface area contributed by atoms with E-state index in [0.717, 1.165) is 17.8 Å². The Balaban J connectivity index is 2.60. The van der Waals surface area contributed by atoms with Crippen molar-refractivity contribution in [2.24, 2.45) is 5.73 Å². The molecule has 4 heteroatoms. The van der Waals surface area contributed by atoms with Gasteiger partial charge in [0.1, 0.15) is 0 Å². The third kappa shape index (κ3) is 4.07. The van der Waals surface area contributed by atoms with Crippen molar-refractivity contribution in [3.05, 3.63) is 24.3 Å². The molecule has 1 rings (SSSR count). The smallest absolute Gasteiger partial charge is 0.241 e. The van der Waals surface area contributed by atoms with Crippen LogP contribution in [-0.4, -0.2) is 26.0 Å². The number of amides is 1. The lowest BCUT2D eigenvalue weighted by Crippen LogP contribution is -2.35. The first-order chi connectivity index (χ1) is 8.04. The molecular formula is C13H21N3O. The Morgan fingerprint density at radius 1 is 1.35 bits per heavy atom. The minimum atomic E-state index is -0.423. The predicted molar refractivity (Wildman–Crippen MR) is 72.3 cm³/mol. The lowest BCUT2D eigenvalue weighted by Gasteiger charge is -2.14. The predicted octanol–water partition coefficient (Wildman–Crippen LogP) is 1.82. The SMILES string of the molecule is CCC[C@@H](N)C(=O)Nc1ccc(N(C)C)cc1. The van der Waals surface area contributed by atoms with Gasteiger partial charge in [0, 0.05) is 25.5 Å². The van der Waals surface area contributed by atoms with Crippen molar-refractivity contribution in [1.82, 2.24) is 0 Å². The first-order valence-electron chi connectivity index (χ1n) is 5.88. The van der Waals surface area contributed by atoms with E-state index in [1.165, 1.54) is 0 Å². The van der Waals surface area contributed by atoms with Gasteiger partial charge >= 0.3 is 0 Å². The average Bonchev–Trinajstić information content (AvgIpc) is 2.30. The van der Waals surface area contributed by atoms with Gasteiger partial charge in [-0.1, -0.05) is 13.3 Å². The minimum absolute atomic E-state index is 0.121. The molecule has 0 spiro atoms. The van der Waals surface area contributed by atoms with E-state index in [-0.39, 0.29) is 5.91 Å². The van der Waals surface area contributed by atoms with Gasteiger partial charge < -0.3 is 16.0 Å². The van der Waals surface area contributed by atoms with Gasteiger partial charge in [0.25, 0.3) is 0 Å². The Bertz CT molecular complexity index is 359. The summed E-state index contributed by atoms with van der Waals surface area (Å²) in [5.74, 6) is -0.121. The summed E-state index contributed by atoms with van der Waals surface area (Å²) in [6, 6.07) is 7.26. The molecule has 1 aromatic carbocycles. The van der Waals surface area contributed by atoms with Gasteiger partial charge in [0.2, 0.25) is 5.91 Å². The standard InChI is InChI=1S/C13H21N3O/c1-4-5-12(14)13(17)15-10-6-8-11(9-7-10)16(2)3/h6-9,12H,4-5,14H2,1-3H3,(H,15,17)/t12-/m1/s1. The van der Waals surface area contributed by atoms with Crippen LogP contribution in [-0.2, 0) is 4.79 Å². The minimum Gasteiger partial charge on any atom is -0.378 e. The van der Waals surface area contributed by atoms with Crippen LogP contribution < -0.4 is 16.0 Å². The zero-order valence-electron chi connectivity index (χ0n) is 10.7. The summed E-state index contributed by atoms with van der Waals surface area (Å²) in [6.07, 6.45) is 1.62. The van der Waals surface area contributed by atoms with Crippen LogP contribution in [0.3, 0.4) is 0 Å². The molecule has 0 bridgehead atoms. The molecule has 0 fully saturated rings. The van der Waals surface area contributed by atoms with E-state index >= 15 is 0 Å². The molecule has 0 unspecified atom stereocenters. The quantitative estimate of drug-likeness (QED) is 0.818. The van der Waals surface area contributed by atoms with Crippen molar-refractivity contribution >= 4 is 17.3 Å². The number of carbonyl (C=O) groups is 1. The summed E-state index contributed by atoms with van der Waals surface area (Å²) < 4.78 is 0. The van der Waals surface area contributed by atoms with E-state index in [0.29, 0.717) is 6.42 Å². The van der Waals surface area contributed by atoms with Crippen LogP contribution in [0.25, 0.3) is 0 Å². The number of rotatable bonds is 5. The third-order valence-electron chi connectivity index (χ3n) is 2.59. The molecule has 0 saturated carbocycles. The lowest BCUT2D eigenvalue weighted by atomic mass is 10.1. The van der Waals surface area contributed by atoms with E-state index in [1.807, 2.05) is 50.2 Å². The summed E-state index contributed by atoms with van der Waals surface area (Å²) in [5, 5.41) is 2.81. The first-order valence-corrected chi connectivity index (χ1v) is 5.88. The van der Waals surface area contributed by atoms with Gasteiger partial charge in [-0.3, -0.25) is 4.79 Å². The van der Waals surface area contributed by atoms with Crippen LogP contribution in [0.2, 0.25) is 0 Å². The van der Waals surface area contributed by atoms with E-state index in [1.54, 1.807) is 0 Å². The Morgan fingerprint density at radius 3 is 2.41 bits per heavy atom. The number of hydrogen-bond donors (Lipinski definition) is 2. The number of benzene rings is 1. The second-order valence-electron chi connectivity index (χ2n) is 4.33. The number of nitrogens with zero attached hydrogens (tertiary/aromatic N) is 1. The molecule has 1 aromatic rings. The van der Waals surface area contributed by atoms with Crippen LogP contribution >= 0.6 is 0 Å². The van der Waals surface area contributed by atoms with Crippen LogP contribution in [0.15, 0.2) is 24.3 Å². The molecule has 0 heterocycles. The van der Waals surface area contributed by atoms with Gasteiger partial charge in [-0.25, -0.2) is 0 Å². The average molecular weight is 235 g/mol. The van der Waals surface area contributed by atoms with Crippen molar-refractivity contribution in [2.45, 2.75) is 25.8 Å². The fourth-order valence-corrected chi connectivity index (χ4v) is 1.52. The van der Waals surface area contributed by atoms with Crippen LogP contribution in [0.4, 0.5) is 11.4 Å². The van der Waals surface area contributed by atoms with Crippen LogP contribution in [0.1, 0.15) is 19.8 Å². The molecule has 1 amide bonds. The van der Waals surface area contributed by atoms with Crippen molar-refractivity contribution in [2.75, 3.05) is 24.3 Å². The van der Waals surface area contributed by atoms with Crippen LogP contribution in [0, 0.1) is 0 Å². The van der Waals surface area contributed by atoms with Gasteiger partial charge in [0.05, 0.1) is 6.04 Å². The highest BCUT2D eigenvalue weighted by atomic mass is 16.2. The first kappa shape index (κ1) is 13.5. The molecular weight excluding hydrogens is 214 g/mol. The number of anilines is 2. The van der Waals surface area contributed by atoms with Crippen molar-refractivity contribution in [3.63, 3.8) is 0 Å².